The standard InChI is InChI=1S/C15H14FNO2S/c1-9(18)15-17-13(11-6-7-19-8-11)14(20-15)10-2-4-12(16)5-3-10/h2-5,11H,6-8H2,1H3. The van der Waals surface area contributed by atoms with Crippen molar-refractivity contribution in [3.8, 4) is 10.4 Å². The summed E-state index contributed by atoms with van der Waals surface area (Å²) < 4.78 is 18.5. The molecule has 1 aliphatic heterocycles. The first kappa shape index (κ1) is 13.4. The van der Waals surface area contributed by atoms with Crippen molar-refractivity contribution in [2.75, 3.05) is 13.2 Å². The van der Waals surface area contributed by atoms with Gasteiger partial charge in [-0.05, 0) is 24.1 Å². The van der Waals surface area contributed by atoms with Crippen molar-refractivity contribution in [2.45, 2.75) is 19.3 Å². The third-order valence-electron chi connectivity index (χ3n) is 3.38. The van der Waals surface area contributed by atoms with Crippen LogP contribution in [0.25, 0.3) is 10.4 Å². The Morgan fingerprint density at radius 1 is 1.40 bits per heavy atom. The van der Waals surface area contributed by atoms with Crippen LogP contribution in [0.3, 0.4) is 0 Å². The number of carbonyl (C=O) groups is 1. The van der Waals surface area contributed by atoms with Crippen molar-refractivity contribution < 1.29 is 13.9 Å². The normalized spacial score (nSPS) is 18.4. The summed E-state index contributed by atoms with van der Waals surface area (Å²) in [6.45, 7) is 2.87. The number of hydrogen-bond acceptors (Lipinski definition) is 4. The monoisotopic (exact) mass is 291 g/mol. The third kappa shape index (κ3) is 2.51. The minimum atomic E-state index is -0.268. The second kappa shape index (κ2) is 5.42. The predicted octanol–water partition coefficient (Wildman–Crippen LogP) is 3.66. The summed E-state index contributed by atoms with van der Waals surface area (Å²) in [5.74, 6) is -0.0845. The largest absolute Gasteiger partial charge is 0.381 e. The Balaban J connectivity index is 2.07. The maximum absolute atomic E-state index is 13.1. The molecule has 1 aliphatic rings. The molecule has 0 bridgehead atoms. The third-order valence-corrected chi connectivity index (χ3v) is 4.60. The van der Waals surface area contributed by atoms with E-state index in [0.29, 0.717) is 11.6 Å². The van der Waals surface area contributed by atoms with Gasteiger partial charge in [0.25, 0.3) is 0 Å². The van der Waals surface area contributed by atoms with Crippen LogP contribution in [0.2, 0.25) is 0 Å². The molecule has 3 rings (SSSR count). The molecule has 0 spiro atoms. The van der Waals surface area contributed by atoms with Crippen molar-refractivity contribution in [2.24, 2.45) is 0 Å². The van der Waals surface area contributed by atoms with Crippen LogP contribution >= 0.6 is 11.3 Å². The second-order valence-corrected chi connectivity index (χ2v) is 5.86. The molecule has 20 heavy (non-hydrogen) atoms. The number of rotatable bonds is 3. The van der Waals surface area contributed by atoms with E-state index in [9.17, 15) is 9.18 Å². The Bertz CT molecular complexity index is 630. The summed E-state index contributed by atoms with van der Waals surface area (Å²) in [7, 11) is 0. The number of aromatic nitrogens is 1. The lowest BCUT2D eigenvalue weighted by atomic mass is 10.0. The van der Waals surface area contributed by atoms with Gasteiger partial charge in [-0.25, -0.2) is 9.37 Å². The number of thiazole rings is 1. The summed E-state index contributed by atoms with van der Waals surface area (Å²) in [5.41, 5.74) is 1.81. The highest BCUT2D eigenvalue weighted by molar-refractivity contribution is 7.17. The second-order valence-electron chi connectivity index (χ2n) is 4.86. The fourth-order valence-electron chi connectivity index (χ4n) is 2.32. The molecule has 1 aromatic heterocycles. The van der Waals surface area contributed by atoms with Crippen molar-refractivity contribution in [1.29, 1.82) is 0 Å². The molecule has 104 valence electrons. The van der Waals surface area contributed by atoms with E-state index in [0.717, 1.165) is 29.2 Å². The molecule has 3 nitrogen and oxygen atoms in total. The van der Waals surface area contributed by atoms with E-state index in [2.05, 4.69) is 4.98 Å². The lowest BCUT2D eigenvalue weighted by molar-refractivity contribution is 0.101. The number of nitrogens with zero attached hydrogens (tertiary/aromatic N) is 1. The van der Waals surface area contributed by atoms with E-state index in [1.54, 1.807) is 12.1 Å². The molecule has 2 aromatic rings. The number of carbonyl (C=O) groups excluding carboxylic acids is 1. The minimum Gasteiger partial charge on any atom is -0.381 e. The fourth-order valence-corrected chi connectivity index (χ4v) is 3.37. The Morgan fingerprint density at radius 2 is 2.15 bits per heavy atom. The lowest BCUT2D eigenvalue weighted by Gasteiger charge is -2.07. The van der Waals surface area contributed by atoms with Crippen molar-refractivity contribution in [3.05, 3.63) is 40.8 Å². The van der Waals surface area contributed by atoms with E-state index in [1.165, 1.54) is 30.4 Å². The molecule has 1 unspecified atom stereocenters. The van der Waals surface area contributed by atoms with Crippen LogP contribution < -0.4 is 0 Å². The Hall–Kier alpha value is -1.59. The van der Waals surface area contributed by atoms with Crippen LogP contribution in [-0.4, -0.2) is 24.0 Å². The van der Waals surface area contributed by atoms with Gasteiger partial charge in [0, 0.05) is 19.4 Å². The van der Waals surface area contributed by atoms with Gasteiger partial charge in [0.1, 0.15) is 5.82 Å². The lowest BCUT2D eigenvalue weighted by Crippen LogP contribution is -2.01. The first-order chi connectivity index (χ1) is 9.65. The predicted molar refractivity (Wildman–Crippen MR) is 75.7 cm³/mol. The number of ether oxygens (including phenoxy) is 1. The van der Waals surface area contributed by atoms with Crippen LogP contribution in [0.15, 0.2) is 24.3 Å². The molecule has 1 atom stereocenters. The van der Waals surface area contributed by atoms with E-state index in [4.69, 9.17) is 4.74 Å². The van der Waals surface area contributed by atoms with Gasteiger partial charge in [-0.3, -0.25) is 4.79 Å². The van der Waals surface area contributed by atoms with E-state index >= 15 is 0 Å². The summed E-state index contributed by atoms with van der Waals surface area (Å²) in [5, 5.41) is 0.506. The zero-order valence-electron chi connectivity index (χ0n) is 11.1. The molecule has 0 radical (unpaired) electrons. The van der Waals surface area contributed by atoms with E-state index in [1.807, 2.05) is 0 Å². The van der Waals surface area contributed by atoms with Gasteiger partial charge in [-0.1, -0.05) is 12.1 Å². The zero-order chi connectivity index (χ0) is 14.1. The molecule has 0 saturated carbocycles. The van der Waals surface area contributed by atoms with Crippen LogP contribution in [-0.2, 0) is 4.74 Å². The maximum atomic E-state index is 13.1. The molecule has 5 heteroatoms. The average molecular weight is 291 g/mol. The van der Waals surface area contributed by atoms with Crippen molar-refractivity contribution >= 4 is 17.1 Å². The maximum Gasteiger partial charge on any atom is 0.188 e. The van der Waals surface area contributed by atoms with Crippen LogP contribution in [0.1, 0.15) is 34.8 Å². The minimum absolute atomic E-state index is 0.0384. The molecule has 1 fully saturated rings. The molecule has 0 amide bonds. The van der Waals surface area contributed by atoms with Crippen LogP contribution in [0, 0.1) is 5.82 Å². The Labute approximate surface area is 120 Å². The summed E-state index contributed by atoms with van der Waals surface area (Å²) in [4.78, 5) is 17.0. The molecule has 0 N–H and O–H groups in total. The first-order valence-electron chi connectivity index (χ1n) is 6.50. The van der Waals surface area contributed by atoms with Crippen molar-refractivity contribution in [3.63, 3.8) is 0 Å². The summed E-state index contributed by atoms with van der Waals surface area (Å²) in [6.07, 6.45) is 0.912. The Kier molecular flexibility index (Phi) is 3.63. The number of hydrogen-bond donors (Lipinski definition) is 0. The highest BCUT2D eigenvalue weighted by Crippen LogP contribution is 2.37. The van der Waals surface area contributed by atoms with Gasteiger partial charge in [-0.15, -0.1) is 11.3 Å². The number of halogens is 1. The average Bonchev–Trinajstić information content (AvgIpc) is 3.08. The summed E-state index contributed by atoms with van der Waals surface area (Å²) in [6, 6.07) is 6.31. The van der Waals surface area contributed by atoms with Gasteiger partial charge >= 0.3 is 0 Å². The fraction of sp³-hybridized carbons (Fsp3) is 0.333. The molecule has 1 aromatic carbocycles. The van der Waals surface area contributed by atoms with E-state index < -0.39 is 0 Å². The number of Topliss-reactive ketones (excluding diaryl/α,β-unsaturated/α-hetero) is 1. The van der Waals surface area contributed by atoms with Gasteiger partial charge < -0.3 is 4.74 Å². The van der Waals surface area contributed by atoms with Gasteiger partial charge in [0.05, 0.1) is 17.2 Å². The van der Waals surface area contributed by atoms with Crippen LogP contribution in [0.4, 0.5) is 4.39 Å². The molecular formula is C15H14FNO2S. The quantitative estimate of drug-likeness (QED) is 0.810. The van der Waals surface area contributed by atoms with Gasteiger partial charge in [0.2, 0.25) is 0 Å². The summed E-state index contributed by atoms with van der Waals surface area (Å²) >= 11 is 1.37. The highest BCUT2D eigenvalue weighted by Gasteiger charge is 2.26. The Morgan fingerprint density at radius 3 is 2.75 bits per heavy atom. The van der Waals surface area contributed by atoms with E-state index in [-0.39, 0.29) is 17.5 Å². The highest BCUT2D eigenvalue weighted by atomic mass is 32.1. The molecule has 2 heterocycles. The molecule has 0 aliphatic carbocycles. The van der Waals surface area contributed by atoms with Gasteiger partial charge in [-0.2, -0.15) is 0 Å². The first-order valence-corrected chi connectivity index (χ1v) is 7.32. The topological polar surface area (TPSA) is 39.2 Å². The molecule has 1 saturated heterocycles. The van der Waals surface area contributed by atoms with Crippen molar-refractivity contribution in [1.82, 2.24) is 4.98 Å². The van der Waals surface area contributed by atoms with Crippen LogP contribution in [0.5, 0.6) is 0 Å². The number of benzene rings is 1. The SMILES string of the molecule is CC(=O)c1nc(C2CCOC2)c(-c2ccc(F)cc2)s1. The van der Waals surface area contributed by atoms with Gasteiger partial charge in [0.15, 0.2) is 10.8 Å². The molecular weight excluding hydrogens is 277 g/mol. The number of ketones is 1. The smallest absolute Gasteiger partial charge is 0.188 e. The zero-order valence-corrected chi connectivity index (χ0v) is 11.9.